The van der Waals surface area contributed by atoms with Crippen LogP contribution in [-0.4, -0.2) is 25.9 Å². The Hall–Kier alpha value is -2.93. The average Bonchev–Trinajstić information content (AvgIpc) is 3.16. The number of carbonyl (C=O) groups excluding carboxylic acids is 1. The van der Waals surface area contributed by atoms with E-state index in [1.807, 2.05) is 31.2 Å². The smallest absolute Gasteiger partial charge is 0.237 e. The molecule has 162 valence electrons. The van der Waals surface area contributed by atoms with Gasteiger partial charge in [0, 0.05) is 12.2 Å². The molecule has 0 fully saturated rings. The molecule has 0 aliphatic heterocycles. The normalized spacial score (nSPS) is 12.9. The van der Waals surface area contributed by atoms with E-state index in [0.717, 1.165) is 17.7 Å². The van der Waals surface area contributed by atoms with Gasteiger partial charge in [0.15, 0.2) is 11.0 Å². The molecule has 0 spiro atoms. The highest BCUT2D eigenvalue weighted by atomic mass is 32.2. The molecular formula is C24H27FN4OS. The Morgan fingerprint density at radius 1 is 1.19 bits per heavy atom. The Balaban J connectivity index is 1.81. The van der Waals surface area contributed by atoms with E-state index in [1.54, 1.807) is 28.8 Å². The highest BCUT2D eigenvalue weighted by molar-refractivity contribution is 8.00. The van der Waals surface area contributed by atoms with Gasteiger partial charge in [-0.25, -0.2) is 4.39 Å². The highest BCUT2D eigenvalue weighted by Gasteiger charge is 2.22. The van der Waals surface area contributed by atoms with Crippen molar-refractivity contribution < 1.29 is 9.18 Å². The summed E-state index contributed by atoms with van der Waals surface area (Å²) in [5, 5.41) is 11.6. The SMILES string of the molecule is C=CCn1c(SC(C)C(=O)Nc2ccccc2C(C)CC)nnc1-c1ccccc1F. The Morgan fingerprint density at radius 2 is 1.90 bits per heavy atom. The van der Waals surface area contributed by atoms with Gasteiger partial charge in [0.1, 0.15) is 5.82 Å². The molecule has 2 aromatic carbocycles. The van der Waals surface area contributed by atoms with Gasteiger partial charge in [-0.05, 0) is 43.0 Å². The lowest BCUT2D eigenvalue weighted by molar-refractivity contribution is -0.115. The number of allylic oxidation sites excluding steroid dienone is 1. The first-order chi connectivity index (χ1) is 15.0. The lowest BCUT2D eigenvalue weighted by Gasteiger charge is -2.17. The fourth-order valence-electron chi connectivity index (χ4n) is 3.22. The largest absolute Gasteiger partial charge is 0.325 e. The number of hydrogen-bond acceptors (Lipinski definition) is 4. The molecule has 3 aromatic rings. The monoisotopic (exact) mass is 438 g/mol. The first-order valence-electron chi connectivity index (χ1n) is 10.3. The molecule has 2 atom stereocenters. The van der Waals surface area contributed by atoms with E-state index in [0.29, 0.717) is 29.0 Å². The molecular weight excluding hydrogens is 411 g/mol. The molecule has 0 saturated heterocycles. The third-order valence-electron chi connectivity index (χ3n) is 5.16. The van der Waals surface area contributed by atoms with Crippen molar-refractivity contribution in [2.24, 2.45) is 0 Å². The van der Waals surface area contributed by atoms with Crippen LogP contribution in [-0.2, 0) is 11.3 Å². The van der Waals surface area contributed by atoms with E-state index >= 15 is 0 Å². The summed E-state index contributed by atoms with van der Waals surface area (Å²) in [6.45, 7) is 10.3. The summed E-state index contributed by atoms with van der Waals surface area (Å²) in [6.07, 6.45) is 2.69. The number of halogens is 1. The zero-order valence-corrected chi connectivity index (χ0v) is 18.8. The van der Waals surface area contributed by atoms with Crippen LogP contribution in [0, 0.1) is 5.82 Å². The zero-order valence-electron chi connectivity index (χ0n) is 18.0. The van der Waals surface area contributed by atoms with E-state index in [2.05, 4.69) is 35.9 Å². The molecule has 5 nitrogen and oxygen atoms in total. The molecule has 2 unspecified atom stereocenters. The number of benzene rings is 2. The summed E-state index contributed by atoms with van der Waals surface area (Å²) >= 11 is 1.29. The number of aromatic nitrogens is 3. The predicted molar refractivity (Wildman–Crippen MR) is 125 cm³/mol. The highest BCUT2D eigenvalue weighted by Crippen LogP contribution is 2.30. The molecule has 31 heavy (non-hydrogen) atoms. The van der Waals surface area contributed by atoms with Gasteiger partial charge in [-0.1, -0.05) is 62.0 Å². The van der Waals surface area contributed by atoms with Crippen molar-refractivity contribution in [3.63, 3.8) is 0 Å². The molecule has 0 saturated carbocycles. The number of anilines is 1. The van der Waals surface area contributed by atoms with Gasteiger partial charge in [-0.3, -0.25) is 9.36 Å². The van der Waals surface area contributed by atoms with E-state index in [9.17, 15) is 9.18 Å². The Bertz CT molecular complexity index is 1070. The van der Waals surface area contributed by atoms with E-state index in [4.69, 9.17) is 0 Å². The minimum atomic E-state index is -0.425. The van der Waals surface area contributed by atoms with Crippen LogP contribution in [0.15, 0.2) is 66.3 Å². The van der Waals surface area contributed by atoms with Crippen molar-refractivity contribution in [2.75, 3.05) is 5.32 Å². The van der Waals surface area contributed by atoms with Gasteiger partial charge in [0.25, 0.3) is 0 Å². The number of thioether (sulfide) groups is 1. The van der Waals surface area contributed by atoms with Gasteiger partial charge in [-0.15, -0.1) is 16.8 Å². The van der Waals surface area contributed by atoms with E-state index in [-0.39, 0.29) is 11.7 Å². The summed E-state index contributed by atoms with van der Waals surface area (Å²) in [6, 6.07) is 14.3. The van der Waals surface area contributed by atoms with Crippen LogP contribution in [0.4, 0.5) is 10.1 Å². The van der Waals surface area contributed by atoms with Crippen molar-refractivity contribution in [1.29, 1.82) is 0 Å². The van der Waals surface area contributed by atoms with Crippen molar-refractivity contribution in [3.8, 4) is 11.4 Å². The molecule has 0 aliphatic rings. The maximum atomic E-state index is 14.3. The number of para-hydroxylation sites is 1. The summed E-state index contributed by atoms with van der Waals surface area (Å²) in [4.78, 5) is 12.9. The number of nitrogens with zero attached hydrogens (tertiary/aromatic N) is 3. The van der Waals surface area contributed by atoms with Crippen LogP contribution in [0.2, 0.25) is 0 Å². The minimum absolute atomic E-state index is 0.124. The maximum Gasteiger partial charge on any atom is 0.237 e. The van der Waals surface area contributed by atoms with Crippen LogP contribution >= 0.6 is 11.8 Å². The number of amides is 1. The second-order valence-corrected chi connectivity index (χ2v) is 8.64. The third kappa shape index (κ3) is 5.22. The predicted octanol–water partition coefficient (Wildman–Crippen LogP) is 5.90. The molecule has 0 radical (unpaired) electrons. The summed E-state index contributed by atoms with van der Waals surface area (Å²) in [7, 11) is 0. The Labute approximate surface area is 186 Å². The molecule has 1 heterocycles. The number of carbonyl (C=O) groups is 1. The molecule has 1 amide bonds. The summed E-state index contributed by atoms with van der Waals surface area (Å²) in [5.74, 6) is 0.263. The molecule has 1 aromatic heterocycles. The van der Waals surface area contributed by atoms with Crippen LogP contribution < -0.4 is 5.32 Å². The summed E-state index contributed by atoms with van der Waals surface area (Å²) in [5.41, 5.74) is 2.31. The second-order valence-electron chi connectivity index (χ2n) is 7.33. The third-order valence-corrected chi connectivity index (χ3v) is 6.24. The molecule has 7 heteroatoms. The van der Waals surface area contributed by atoms with E-state index in [1.165, 1.54) is 17.8 Å². The first-order valence-corrected chi connectivity index (χ1v) is 11.2. The average molecular weight is 439 g/mol. The fraction of sp³-hybridized carbons (Fsp3) is 0.292. The Morgan fingerprint density at radius 3 is 2.61 bits per heavy atom. The number of rotatable bonds is 9. The number of hydrogen-bond donors (Lipinski definition) is 1. The van der Waals surface area contributed by atoms with Gasteiger partial charge in [0.2, 0.25) is 5.91 Å². The van der Waals surface area contributed by atoms with Crippen LogP contribution in [0.25, 0.3) is 11.4 Å². The van der Waals surface area contributed by atoms with Crippen molar-refractivity contribution >= 4 is 23.4 Å². The quantitative estimate of drug-likeness (QED) is 0.334. The zero-order chi connectivity index (χ0) is 22.4. The van der Waals surface area contributed by atoms with Crippen LogP contribution in [0.1, 0.15) is 38.7 Å². The van der Waals surface area contributed by atoms with Crippen molar-refractivity contribution in [3.05, 3.63) is 72.6 Å². The van der Waals surface area contributed by atoms with Crippen molar-refractivity contribution in [2.45, 2.75) is 50.1 Å². The van der Waals surface area contributed by atoms with Gasteiger partial charge in [0.05, 0.1) is 10.8 Å². The first kappa shape index (κ1) is 22.7. The standard InChI is InChI=1S/C24H27FN4OS/c1-5-15-29-22(19-12-7-9-13-20(19)25)27-28-24(29)31-17(4)23(30)26-21-14-10-8-11-18(21)16(3)6-2/h5,7-14,16-17H,1,6,15H2,2-4H3,(H,26,30). The van der Waals surface area contributed by atoms with Crippen molar-refractivity contribution in [1.82, 2.24) is 14.8 Å². The fourth-order valence-corrected chi connectivity index (χ4v) is 4.08. The molecule has 0 aliphatic carbocycles. The van der Waals surface area contributed by atoms with Gasteiger partial charge in [-0.2, -0.15) is 0 Å². The molecule has 3 rings (SSSR count). The van der Waals surface area contributed by atoms with Crippen LogP contribution in [0.5, 0.6) is 0 Å². The summed E-state index contributed by atoms with van der Waals surface area (Å²) < 4.78 is 16.1. The molecule has 1 N–H and O–H groups in total. The Kier molecular flexibility index (Phi) is 7.63. The number of nitrogens with one attached hydrogen (secondary N) is 1. The lowest BCUT2D eigenvalue weighted by Crippen LogP contribution is -2.23. The lowest BCUT2D eigenvalue weighted by atomic mass is 9.97. The van der Waals surface area contributed by atoms with Crippen LogP contribution in [0.3, 0.4) is 0 Å². The second kappa shape index (κ2) is 10.4. The topological polar surface area (TPSA) is 59.8 Å². The van der Waals surface area contributed by atoms with E-state index < -0.39 is 5.25 Å². The molecule has 0 bridgehead atoms. The minimum Gasteiger partial charge on any atom is -0.325 e. The van der Waals surface area contributed by atoms with Gasteiger partial charge >= 0.3 is 0 Å². The maximum absolute atomic E-state index is 14.3. The van der Waals surface area contributed by atoms with Gasteiger partial charge < -0.3 is 5.32 Å².